The van der Waals surface area contributed by atoms with Crippen molar-refractivity contribution in [1.82, 2.24) is 5.32 Å². The van der Waals surface area contributed by atoms with E-state index in [1.165, 1.54) is 11.3 Å². The summed E-state index contributed by atoms with van der Waals surface area (Å²) >= 11 is 1.32. The average Bonchev–Trinajstić information content (AvgIpc) is 2.84. The number of benzene rings is 1. The minimum Gasteiger partial charge on any atom is -0.497 e. The molecule has 0 saturated carbocycles. The van der Waals surface area contributed by atoms with Gasteiger partial charge in [-0.3, -0.25) is 4.79 Å². The zero-order chi connectivity index (χ0) is 15.9. The normalized spacial score (nSPS) is 11.6. The molecule has 0 unspecified atom stereocenters. The molecule has 0 saturated heterocycles. The molecule has 0 aliphatic rings. The van der Waals surface area contributed by atoms with Crippen LogP contribution >= 0.6 is 11.3 Å². The molecule has 1 aromatic heterocycles. The number of nitrogens with zero attached hydrogens (tertiary/aromatic N) is 1. The zero-order valence-electron chi connectivity index (χ0n) is 12.4. The van der Waals surface area contributed by atoms with Crippen molar-refractivity contribution in [3.63, 3.8) is 0 Å². The zero-order valence-corrected chi connectivity index (χ0v) is 13.2. The molecule has 5 nitrogen and oxygen atoms in total. The van der Waals surface area contributed by atoms with E-state index >= 15 is 0 Å². The quantitative estimate of drug-likeness (QED) is 0.484. The predicted molar refractivity (Wildman–Crippen MR) is 92.8 cm³/mol. The molecule has 2 aromatic rings. The van der Waals surface area contributed by atoms with E-state index < -0.39 is 0 Å². The lowest BCUT2D eigenvalue weighted by atomic mass is 10.3. The molecule has 1 aromatic carbocycles. The van der Waals surface area contributed by atoms with Gasteiger partial charge in [0.15, 0.2) is 6.29 Å². The molecular weight excluding hydrogens is 298 g/mol. The van der Waals surface area contributed by atoms with Gasteiger partial charge in [0, 0.05) is 28.7 Å². The van der Waals surface area contributed by atoms with E-state index in [-0.39, 0.29) is 0 Å². The van der Waals surface area contributed by atoms with Crippen LogP contribution in [0.25, 0.3) is 12.8 Å². The summed E-state index contributed by atoms with van der Waals surface area (Å²) in [5.74, 6) is 0.788. The maximum atomic E-state index is 11.1. The van der Waals surface area contributed by atoms with Gasteiger partial charge < -0.3 is 15.4 Å². The molecule has 6 heteroatoms. The molecule has 0 amide bonds. The van der Waals surface area contributed by atoms with E-state index in [2.05, 4.69) is 22.2 Å². The van der Waals surface area contributed by atoms with Gasteiger partial charge in [-0.1, -0.05) is 6.58 Å². The first-order valence-corrected chi connectivity index (χ1v) is 7.38. The summed E-state index contributed by atoms with van der Waals surface area (Å²) in [5, 5.41) is 6.82. The maximum absolute atomic E-state index is 11.1. The number of thiophene rings is 1. The Kier molecular flexibility index (Phi) is 5.32. The molecule has 0 atom stereocenters. The first-order valence-electron chi connectivity index (χ1n) is 6.57. The van der Waals surface area contributed by atoms with Crippen molar-refractivity contribution in [2.24, 2.45) is 4.99 Å². The fraction of sp³-hybridized carbons (Fsp3) is 0.125. The molecule has 0 aliphatic heterocycles. The molecule has 1 heterocycles. The largest absolute Gasteiger partial charge is 0.497 e. The Morgan fingerprint density at radius 3 is 2.64 bits per heavy atom. The van der Waals surface area contributed by atoms with Gasteiger partial charge >= 0.3 is 0 Å². The van der Waals surface area contributed by atoms with Crippen LogP contribution in [0.2, 0.25) is 0 Å². The number of anilines is 1. The summed E-state index contributed by atoms with van der Waals surface area (Å²) < 4.78 is 5.90. The van der Waals surface area contributed by atoms with Crippen LogP contribution in [0.15, 0.2) is 29.3 Å². The molecule has 0 bridgehead atoms. The van der Waals surface area contributed by atoms with Crippen LogP contribution in [0.3, 0.4) is 0 Å². The van der Waals surface area contributed by atoms with Crippen LogP contribution < -0.4 is 25.1 Å². The van der Waals surface area contributed by atoms with E-state index in [0.717, 1.165) is 27.5 Å². The minimum absolute atomic E-state index is 0.555. The Morgan fingerprint density at radius 2 is 2.05 bits per heavy atom. The highest BCUT2D eigenvalue weighted by Crippen LogP contribution is 2.16. The van der Waals surface area contributed by atoms with Gasteiger partial charge in [-0.15, -0.1) is 11.3 Å². The Hall–Kier alpha value is -2.60. The van der Waals surface area contributed by atoms with Gasteiger partial charge in [0.05, 0.1) is 24.0 Å². The number of aliphatic imine (C=N–C) groups is 1. The van der Waals surface area contributed by atoms with Crippen LogP contribution in [0, 0.1) is 0 Å². The van der Waals surface area contributed by atoms with Crippen molar-refractivity contribution < 1.29 is 9.53 Å². The monoisotopic (exact) mass is 315 g/mol. The Balaban J connectivity index is 2.24. The van der Waals surface area contributed by atoms with Crippen molar-refractivity contribution in [2.45, 2.75) is 0 Å². The molecular formula is C16H17N3O2S. The number of hydrogen-bond acceptors (Lipinski definition) is 5. The van der Waals surface area contributed by atoms with Crippen LogP contribution in [-0.4, -0.2) is 26.8 Å². The van der Waals surface area contributed by atoms with Gasteiger partial charge in [-0.05, 0) is 24.3 Å². The highest BCUT2D eigenvalue weighted by Gasteiger charge is 2.06. The summed E-state index contributed by atoms with van der Waals surface area (Å²) in [4.78, 5) is 16.1. The van der Waals surface area contributed by atoms with E-state index in [1.807, 2.05) is 24.3 Å². The highest BCUT2D eigenvalue weighted by atomic mass is 32.1. The third kappa shape index (κ3) is 3.53. The van der Waals surface area contributed by atoms with E-state index in [4.69, 9.17) is 4.74 Å². The predicted octanol–water partition coefficient (Wildman–Crippen LogP) is 1.71. The first kappa shape index (κ1) is 15.8. The molecule has 2 rings (SSSR count). The number of rotatable bonds is 6. The fourth-order valence-electron chi connectivity index (χ4n) is 1.87. The van der Waals surface area contributed by atoms with Crippen LogP contribution in [0.1, 0.15) is 9.67 Å². The number of nitrogens with one attached hydrogen (secondary N) is 2. The van der Waals surface area contributed by atoms with Gasteiger partial charge in [0.1, 0.15) is 5.75 Å². The fourth-order valence-corrected chi connectivity index (χ4v) is 2.70. The number of ether oxygens (including phenoxy) is 1. The van der Waals surface area contributed by atoms with E-state index in [1.54, 1.807) is 26.7 Å². The maximum Gasteiger partial charge on any atom is 0.162 e. The standard InChI is InChI=1S/C16H17N3O2S/c1-11-14(8-17-2)16(15(9-20)22-11)19-10-18-12-4-6-13(21-3)7-5-12/h4-10,17H,1H2,2-3H3,(H,18,19)/b14-8-. The molecule has 0 radical (unpaired) electrons. The van der Waals surface area contributed by atoms with Gasteiger partial charge in [0.25, 0.3) is 0 Å². The molecule has 2 N–H and O–H groups in total. The lowest BCUT2D eigenvalue weighted by Gasteiger charge is -2.02. The molecule has 0 spiro atoms. The Labute approximate surface area is 132 Å². The van der Waals surface area contributed by atoms with Crippen molar-refractivity contribution in [2.75, 3.05) is 19.5 Å². The second-order valence-electron chi connectivity index (χ2n) is 4.33. The van der Waals surface area contributed by atoms with Crippen LogP contribution in [0.4, 0.5) is 11.4 Å². The first-order chi connectivity index (χ1) is 10.7. The molecule has 114 valence electrons. The third-order valence-electron chi connectivity index (χ3n) is 2.93. The molecule has 0 fully saturated rings. The summed E-state index contributed by atoms with van der Waals surface area (Å²) in [7, 11) is 3.42. The second kappa shape index (κ2) is 7.42. The highest BCUT2D eigenvalue weighted by molar-refractivity contribution is 7.12. The van der Waals surface area contributed by atoms with Crippen LogP contribution in [0.5, 0.6) is 5.75 Å². The third-order valence-corrected chi connectivity index (χ3v) is 3.91. The van der Waals surface area contributed by atoms with Crippen molar-refractivity contribution in [3.05, 3.63) is 38.9 Å². The molecule has 0 aliphatic carbocycles. The lowest BCUT2D eigenvalue weighted by Crippen LogP contribution is -2.20. The van der Waals surface area contributed by atoms with E-state index in [0.29, 0.717) is 10.6 Å². The summed E-state index contributed by atoms with van der Waals surface area (Å²) in [5.41, 5.74) is 1.49. The number of carbonyl (C=O) groups excluding carboxylic acids is 1. The van der Waals surface area contributed by atoms with Gasteiger partial charge in [-0.25, -0.2) is 4.99 Å². The van der Waals surface area contributed by atoms with Crippen molar-refractivity contribution in [1.29, 1.82) is 0 Å². The molecule has 22 heavy (non-hydrogen) atoms. The van der Waals surface area contributed by atoms with Crippen molar-refractivity contribution in [3.8, 4) is 5.75 Å². The lowest BCUT2D eigenvalue weighted by molar-refractivity contribution is 0.112. The summed E-state index contributed by atoms with van der Waals surface area (Å²) in [6.07, 6.45) is 4.14. The second-order valence-corrected chi connectivity index (χ2v) is 5.47. The summed E-state index contributed by atoms with van der Waals surface area (Å²) in [6, 6.07) is 7.47. The minimum atomic E-state index is 0.555. The smallest absolute Gasteiger partial charge is 0.162 e. The average molecular weight is 315 g/mol. The number of hydrogen-bond donors (Lipinski definition) is 2. The number of aldehydes is 1. The van der Waals surface area contributed by atoms with Gasteiger partial charge in [0.2, 0.25) is 0 Å². The topological polar surface area (TPSA) is 62.7 Å². The van der Waals surface area contributed by atoms with Crippen molar-refractivity contribution >= 4 is 48.1 Å². The SMILES string of the molecule is C=c1sc(C=O)c(N=CNc2ccc(OC)cc2)/c1=C\NC. The number of methoxy groups -OCH3 is 1. The summed E-state index contributed by atoms with van der Waals surface area (Å²) in [6.45, 7) is 3.93. The Morgan fingerprint density at radius 1 is 1.32 bits per heavy atom. The van der Waals surface area contributed by atoms with Gasteiger partial charge in [-0.2, -0.15) is 0 Å². The van der Waals surface area contributed by atoms with Crippen LogP contribution in [-0.2, 0) is 0 Å². The number of carbonyl (C=O) groups is 1. The van der Waals surface area contributed by atoms with E-state index in [9.17, 15) is 4.79 Å². The Bertz CT molecular complexity index is 779.